The summed E-state index contributed by atoms with van der Waals surface area (Å²) in [4.78, 5) is 9.76. The lowest BCUT2D eigenvalue weighted by Crippen LogP contribution is -2.29. The first-order valence-corrected chi connectivity index (χ1v) is 5.53. The Morgan fingerprint density at radius 3 is 2.44 bits per heavy atom. The molecule has 1 aromatic carbocycles. The number of benzene rings is 1. The van der Waals surface area contributed by atoms with Crippen molar-refractivity contribution in [1.29, 1.82) is 0 Å². The van der Waals surface area contributed by atoms with Crippen LogP contribution >= 0.6 is 11.6 Å². The van der Waals surface area contributed by atoms with Crippen molar-refractivity contribution in [3.8, 4) is 0 Å². The highest BCUT2D eigenvalue weighted by Crippen LogP contribution is 2.34. The number of aliphatic carboxylic acids is 1. The highest BCUT2D eigenvalue weighted by molar-refractivity contribution is 6.33. The van der Waals surface area contributed by atoms with Crippen molar-refractivity contribution in [3.05, 3.63) is 35.9 Å². The number of rotatable bonds is 6. The molecule has 0 spiro atoms. The van der Waals surface area contributed by atoms with Gasteiger partial charge in [0.25, 0.3) is 0 Å². The fraction of sp³-hybridized carbons (Fsp3) is 0.417. The third kappa shape index (κ3) is 2.95. The molecular formula is C12H14ClFO2. The molecule has 2 nitrogen and oxygen atoms in total. The molecule has 0 amide bonds. The minimum atomic E-state index is -1.43. The maximum absolute atomic E-state index is 12.0. The van der Waals surface area contributed by atoms with Crippen molar-refractivity contribution in [2.75, 3.05) is 6.67 Å². The predicted octanol–water partition coefficient (Wildman–Crippen LogP) is 3.35. The monoisotopic (exact) mass is 244 g/mol. The van der Waals surface area contributed by atoms with E-state index in [2.05, 4.69) is 0 Å². The van der Waals surface area contributed by atoms with E-state index in [0.717, 1.165) is 0 Å². The number of hydrogen-bond donors (Lipinski definition) is 1. The smallest absolute Gasteiger partial charge is 0.329 e. The van der Waals surface area contributed by atoms with E-state index in [4.69, 9.17) is 16.7 Å². The van der Waals surface area contributed by atoms with Gasteiger partial charge in [0.05, 0.1) is 6.67 Å². The summed E-state index contributed by atoms with van der Waals surface area (Å²) < 4.78 is 12.0. The maximum atomic E-state index is 12.0. The number of carbonyl (C=O) groups is 1. The zero-order valence-corrected chi connectivity index (χ0v) is 9.58. The van der Waals surface area contributed by atoms with Crippen LogP contribution in [0, 0.1) is 0 Å². The van der Waals surface area contributed by atoms with E-state index in [1.807, 2.05) is 0 Å². The molecule has 0 bridgehead atoms. The Bertz CT molecular complexity index is 342. The van der Waals surface area contributed by atoms with E-state index < -0.39 is 17.5 Å². The van der Waals surface area contributed by atoms with Crippen molar-refractivity contribution in [1.82, 2.24) is 0 Å². The van der Waals surface area contributed by atoms with Crippen molar-refractivity contribution in [2.45, 2.75) is 24.1 Å². The van der Waals surface area contributed by atoms with Crippen LogP contribution in [-0.2, 0) is 9.67 Å². The van der Waals surface area contributed by atoms with Gasteiger partial charge in [0.1, 0.15) is 0 Å². The number of hydrogen-bond acceptors (Lipinski definition) is 1. The third-order valence-corrected chi connectivity index (χ3v) is 3.04. The van der Waals surface area contributed by atoms with Gasteiger partial charge < -0.3 is 5.11 Å². The Labute approximate surface area is 99.0 Å². The molecule has 1 atom stereocenters. The largest absolute Gasteiger partial charge is 0.480 e. The number of halogens is 2. The Hall–Kier alpha value is -1.09. The summed E-state index contributed by atoms with van der Waals surface area (Å²) in [5.41, 5.74) is 0.544. The van der Waals surface area contributed by atoms with E-state index in [1.165, 1.54) is 0 Å². The van der Waals surface area contributed by atoms with Crippen molar-refractivity contribution in [2.24, 2.45) is 0 Å². The summed E-state index contributed by atoms with van der Waals surface area (Å²) in [7, 11) is 0. The molecule has 0 saturated heterocycles. The Morgan fingerprint density at radius 2 is 1.94 bits per heavy atom. The topological polar surface area (TPSA) is 37.3 Å². The molecule has 0 aliphatic rings. The molecule has 0 aliphatic heterocycles. The first-order valence-electron chi connectivity index (χ1n) is 5.15. The molecular weight excluding hydrogens is 231 g/mol. The molecule has 0 aliphatic carbocycles. The van der Waals surface area contributed by atoms with E-state index in [-0.39, 0.29) is 6.42 Å². The number of carboxylic acids is 1. The maximum Gasteiger partial charge on any atom is 0.329 e. The second kappa shape index (κ2) is 5.85. The average molecular weight is 245 g/mol. The minimum Gasteiger partial charge on any atom is -0.480 e. The second-order valence-electron chi connectivity index (χ2n) is 3.62. The summed E-state index contributed by atoms with van der Waals surface area (Å²) in [5, 5.41) is 9.16. The van der Waals surface area contributed by atoms with E-state index >= 15 is 0 Å². The molecule has 1 N–H and O–H groups in total. The van der Waals surface area contributed by atoms with Gasteiger partial charge in [-0.25, -0.2) is 4.79 Å². The summed E-state index contributed by atoms with van der Waals surface area (Å²) in [6, 6.07) is 8.63. The van der Waals surface area contributed by atoms with E-state index in [9.17, 15) is 9.18 Å². The van der Waals surface area contributed by atoms with Gasteiger partial charge in [-0.3, -0.25) is 4.39 Å². The van der Waals surface area contributed by atoms with Gasteiger partial charge in [-0.1, -0.05) is 30.3 Å². The van der Waals surface area contributed by atoms with Crippen LogP contribution in [0.15, 0.2) is 30.3 Å². The van der Waals surface area contributed by atoms with Gasteiger partial charge in [-0.05, 0) is 24.8 Å². The number of carboxylic acid groups (broad SMARTS) is 1. The average Bonchev–Trinajstić information content (AvgIpc) is 2.30. The number of unbranched alkanes of at least 4 members (excludes halogenated alkanes) is 1. The first-order chi connectivity index (χ1) is 7.61. The zero-order valence-electron chi connectivity index (χ0n) is 8.83. The van der Waals surface area contributed by atoms with Crippen LogP contribution < -0.4 is 0 Å². The molecule has 1 rings (SSSR count). The third-order valence-electron chi connectivity index (χ3n) is 2.48. The van der Waals surface area contributed by atoms with Gasteiger partial charge in [0.2, 0.25) is 0 Å². The lowest BCUT2D eigenvalue weighted by Gasteiger charge is -2.22. The first kappa shape index (κ1) is 13.0. The standard InChI is InChI=1S/C12H14ClFO2/c13-12(11(15)16,8-4-5-9-14)10-6-2-1-3-7-10/h1-3,6-7H,4-5,8-9H2,(H,15,16). The second-order valence-corrected chi connectivity index (χ2v) is 4.26. The fourth-order valence-electron chi connectivity index (χ4n) is 1.54. The molecule has 4 heteroatoms. The minimum absolute atomic E-state index is 0.234. The lowest BCUT2D eigenvalue weighted by atomic mass is 9.93. The van der Waals surface area contributed by atoms with Crippen LogP contribution in [0.1, 0.15) is 24.8 Å². The summed E-state index contributed by atoms with van der Waals surface area (Å²) in [6.07, 6.45) is 1.04. The van der Waals surface area contributed by atoms with Crippen LogP contribution in [0.25, 0.3) is 0 Å². The summed E-state index contributed by atoms with van der Waals surface area (Å²) in [5.74, 6) is -1.08. The Kier molecular flexibility index (Phi) is 4.74. The van der Waals surface area contributed by atoms with Gasteiger partial charge in [-0.2, -0.15) is 0 Å². The van der Waals surface area contributed by atoms with Gasteiger partial charge in [0, 0.05) is 0 Å². The highest BCUT2D eigenvalue weighted by atomic mass is 35.5. The molecule has 1 aromatic rings. The molecule has 0 radical (unpaired) electrons. The Balaban J connectivity index is 2.85. The molecule has 16 heavy (non-hydrogen) atoms. The molecule has 0 heterocycles. The summed E-state index contributed by atoms with van der Waals surface area (Å²) in [6.45, 7) is -0.443. The molecule has 1 unspecified atom stereocenters. The lowest BCUT2D eigenvalue weighted by molar-refractivity contribution is -0.140. The zero-order chi connectivity index (χ0) is 12.0. The van der Waals surface area contributed by atoms with Gasteiger partial charge in [-0.15, -0.1) is 11.6 Å². The molecule has 0 aromatic heterocycles. The van der Waals surface area contributed by atoms with E-state index in [0.29, 0.717) is 18.4 Å². The van der Waals surface area contributed by atoms with Crippen molar-refractivity contribution in [3.63, 3.8) is 0 Å². The fourth-order valence-corrected chi connectivity index (χ4v) is 1.80. The molecule has 0 fully saturated rings. The predicted molar refractivity (Wildman–Crippen MR) is 61.4 cm³/mol. The van der Waals surface area contributed by atoms with Gasteiger partial charge >= 0.3 is 5.97 Å². The quantitative estimate of drug-likeness (QED) is 0.616. The van der Waals surface area contributed by atoms with Crippen LogP contribution in [0.5, 0.6) is 0 Å². The van der Waals surface area contributed by atoms with Crippen LogP contribution in [0.4, 0.5) is 4.39 Å². The molecule has 0 saturated carbocycles. The van der Waals surface area contributed by atoms with Crippen LogP contribution in [-0.4, -0.2) is 17.8 Å². The number of alkyl halides is 2. The molecule has 88 valence electrons. The van der Waals surface area contributed by atoms with Gasteiger partial charge in [0.15, 0.2) is 4.87 Å². The Morgan fingerprint density at radius 1 is 1.31 bits per heavy atom. The highest BCUT2D eigenvalue weighted by Gasteiger charge is 2.37. The van der Waals surface area contributed by atoms with E-state index in [1.54, 1.807) is 30.3 Å². The van der Waals surface area contributed by atoms with Crippen molar-refractivity contribution >= 4 is 17.6 Å². The van der Waals surface area contributed by atoms with Crippen molar-refractivity contribution < 1.29 is 14.3 Å². The van der Waals surface area contributed by atoms with Crippen LogP contribution in [0.2, 0.25) is 0 Å². The summed E-state index contributed by atoms with van der Waals surface area (Å²) >= 11 is 6.11. The van der Waals surface area contributed by atoms with Crippen LogP contribution in [0.3, 0.4) is 0 Å². The normalized spacial score (nSPS) is 14.4. The SMILES string of the molecule is O=C(O)C(Cl)(CCCCF)c1ccccc1.